The standard InChI is InChI=1S/C19H18N6O3/c1-28-18-6-16(25(26)27)3-2-13(18)10-24-5-4-17-15(11-24)9-22-19(23-17)14-7-20-12-21-8-14/h2-3,6-9,12H,4-5,10-11H2,1H3. The maximum absolute atomic E-state index is 11.0. The first kappa shape index (κ1) is 17.9. The van der Waals surface area contributed by atoms with E-state index in [1.807, 2.05) is 6.20 Å². The lowest BCUT2D eigenvalue weighted by molar-refractivity contribution is -0.384. The van der Waals surface area contributed by atoms with Gasteiger partial charge in [-0.2, -0.15) is 0 Å². The van der Waals surface area contributed by atoms with Gasteiger partial charge in [-0.05, 0) is 6.07 Å². The average molecular weight is 378 g/mol. The Hall–Kier alpha value is -3.46. The summed E-state index contributed by atoms with van der Waals surface area (Å²) in [6.45, 7) is 2.17. The third-order valence-corrected chi connectivity index (χ3v) is 4.71. The van der Waals surface area contributed by atoms with E-state index in [1.165, 1.54) is 25.6 Å². The second kappa shape index (κ2) is 7.65. The van der Waals surface area contributed by atoms with E-state index in [2.05, 4.69) is 24.8 Å². The Bertz CT molecular complexity index is 1010. The highest BCUT2D eigenvalue weighted by atomic mass is 16.6. The molecule has 0 bridgehead atoms. The predicted molar refractivity (Wildman–Crippen MR) is 101 cm³/mol. The fourth-order valence-corrected chi connectivity index (χ4v) is 3.28. The van der Waals surface area contributed by atoms with Crippen molar-refractivity contribution in [1.82, 2.24) is 24.8 Å². The van der Waals surface area contributed by atoms with Crippen LogP contribution < -0.4 is 4.74 Å². The third kappa shape index (κ3) is 3.65. The van der Waals surface area contributed by atoms with Gasteiger partial charge in [-0.15, -0.1) is 0 Å². The van der Waals surface area contributed by atoms with E-state index in [-0.39, 0.29) is 5.69 Å². The van der Waals surface area contributed by atoms with Gasteiger partial charge in [0.25, 0.3) is 5.69 Å². The molecule has 0 saturated heterocycles. The fraction of sp³-hybridized carbons (Fsp3) is 0.263. The molecule has 0 spiro atoms. The van der Waals surface area contributed by atoms with Gasteiger partial charge < -0.3 is 4.74 Å². The van der Waals surface area contributed by atoms with E-state index < -0.39 is 4.92 Å². The van der Waals surface area contributed by atoms with E-state index in [9.17, 15) is 10.1 Å². The number of ether oxygens (including phenoxy) is 1. The monoisotopic (exact) mass is 378 g/mol. The molecule has 3 aromatic rings. The quantitative estimate of drug-likeness (QED) is 0.492. The maximum atomic E-state index is 11.0. The Balaban J connectivity index is 1.51. The van der Waals surface area contributed by atoms with Crippen molar-refractivity contribution in [1.29, 1.82) is 0 Å². The number of nitrogens with zero attached hydrogens (tertiary/aromatic N) is 6. The summed E-state index contributed by atoms with van der Waals surface area (Å²) < 4.78 is 5.34. The van der Waals surface area contributed by atoms with Crippen LogP contribution in [0.2, 0.25) is 0 Å². The van der Waals surface area contributed by atoms with Crippen molar-refractivity contribution in [3.8, 4) is 17.1 Å². The van der Waals surface area contributed by atoms with Crippen molar-refractivity contribution in [3.63, 3.8) is 0 Å². The molecule has 0 aliphatic carbocycles. The predicted octanol–water partition coefficient (Wildman–Crippen LogP) is 2.41. The van der Waals surface area contributed by atoms with Crippen molar-refractivity contribution in [3.05, 3.63) is 70.1 Å². The zero-order valence-corrected chi connectivity index (χ0v) is 15.3. The number of nitro benzene ring substituents is 1. The molecule has 28 heavy (non-hydrogen) atoms. The lowest BCUT2D eigenvalue weighted by atomic mass is 10.1. The van der Waals surface area contributed by atoms with Crippen LogP contribution >= 0.6 is 0 Å². The molecule has 1 aliphatic rings. The van der Waals surface area contributed by atoms with Crippen molar-refractivity contribution in [2.75, 3.05) is 13.7 Å². The highest BCUT2D eigenvalue weighted by molar-refractivity contribution is 5.52. The van der Waals surface area contributed by atoms with Crippen molar-refractivity contribution >= 4 is 5.69 Å². The van der Waals surface area contributed by atoms with E-state index >= 15 is 0 Å². The molecule has 2 aromatic heterocycles. The van der Waals surface area contributed by atoms with Gasteiger partial charge in [0.1, 0.15) is 12.1 Å². The largest absolute Gasteiger partial charge is 0.496 e. The van der Waals surface area contributed by atoms with E-state index in [4.69, 9.17) is 4.74 Å². The summed E-state index contributed by atoms with van der Waals surface area (Å²) in [5.41, 5.74) is 3.84. The molecule has 1 aliphatic heterocycles. The molecular formula is C19H18N6O3. The Morgan fingerprint density at radius 2 is 2.07 bits per heavy atom. The van der Waals surface area contributed by atoms with Gasteiger partial charge in [0.15, 0.2) is 5.82 Å². The van der Waals surface area contributed by atoms with Gasteiger partial charge in [-0.3, -0.25) is 15.0 Å². The number of methoxy groups -OCH3 is 1. The first-order chi connectivity index (χ1) is 13.6. The smallest absolute Gasteiger partial charge is 0.273 e. The lowest BCUT2D eigenvalue weighted by Gasteiger charge is -2.28. The normalized spacial score (nSPS) is 13.8. The molecule has 9 nitrogen and oxygen atoms in total. The molecule has 0 amide bonds. The minimum atomic E-state index is -0.420. The van der Waals surface area contributed by atoms with Crippen molar-refractivity contribution < 1.29 is 9.66 Å². The molecule has 9 heteroatoms. The van der Waals surface area contributed by atoms with Crippen LogP contribution in [-0.4, -0.2) is 43.4 Å². The summed E-state index contributed by atoms with van der Waals surface area (Å²) in [6, 6.07) is 4.72. The van der Waals surface area contributed by atoms with Gasteiger partial charge in [-0.1, -0.05) is 0 Å². The van der Waals surface area contributed by atoms with Gasteiger partial charge in [0, 0.05) is 61.8 Å². The molecule has 142 valence electrons. The number of nitro groups is 1. The minimum absolute atomic E-state index is 0.0235. The molecule has 0 saturated carbocycles. The SMILES string of the molecule is COc1cc([N+](=O)[O-])ccc1CN1CCc2nc(-c3cncnc3)ncc2C1. The zero-order chi connectivity index (χ0) is 19.5. The maximum Gasteiger partial charge on any atom is 0.273 e. The molecule has 0 N–H and O–H groups in total. The number of benzene rings is 1. The van der Waals surface area contributed by atoms with Crippen LogP contribution in [0.25, 0.3) is 11.4 Å². The van der Waals surface area contributed by atoms with E-state index in [0.29, 0.717) is 24.7 Å². The molecule has 0 fully saturated rings. The zero-order valence-electron chi connectivity index (χ0n) is 15.3. The Labute approximate surface area is 161 Å². The van der Waals surface area contributed by atoms with Crippen molar-refractivity contribution in [2.24, 2.45) is 0 Å². The van der Waals surface area contributed by atoms with Gasteiger partial charge in [-0.25, -0.2) is 19.9 Å². The van der Waals surface area contributed by atoms with Crippen molar-refractivity contribution in [2.45, 2.75) is 19.5 Å². The average Bonchev–Trinajstić information content (AvgIpc) is 2.74. The molecule has 3 heterocycles. The number of rotatable bonds is 5. The molecule has 0 unspecified atom stereocenters. The van der Waals surface area contributed by atoms with Crippen LogP contribution in [0.5, 0.6) is 5.75 Å². The minimum Gasteiger partial charge on any atom is -0.496 e. The van der Waals surface area contributed by atoms with Gasteiger partial charge in [0.2, 0.25) is 0 Å². The summed E-state index contributed by atoms with van der Waals surface area (Å²) in [6.07, 6.45) is 7.53. The Morgan fingerprint density at radius 3 is 2.82 bits per heavy atom. The number of non-ortho nitro benzene ring substituents is 1. The van der Waals surface area contributed by atoms with E-state index in [1.54, 1.807) is 18.5 Å². The van der Waals surface area contributed by atoms with Crippen LogP contribution in [-0.2, 0) is 19.5 Å². The topological polar surface area (TPSA) is 107 Å². The van der Waals surface area contributed by atoms with Crippen LogP contribution in [0.3, 0.4) is 0 Å². The second-order valence-electron chi connectivity index (χ2n) is 6.51. The number of hydrogen-bond donors (Lipinski definition) is 0. The highest BCUT2D eigenvalue weighted by Crippen LogP contribution is 2.28. The van der Waals surface area contributed by atoms with Crippen LogP contribution in [0.1, 0.15) is 16.8 Å². The highest BCUT2D eigenvalue weighted by Gasteiger charge is 2.21. The van der Waals surface area contributed by atoms with Crippen LogP contribution in [0.15, 0.2) is 43.1 Å². The molecule has 4 rings (SSSR count). The van der Waals surface area contributed by atoms with E-state index in [0.717, 1.165) is 35.3 Å². The first-order valence-corrected chi connectivity index (χ1v) is 8.78. The summed E-state index contributed by atoms with van der Waals surface area (Å²) in [5, 5.41) is 11.0. The third-order valence-electron chi connectivity index (χ3n) is 4.71. The summed E-state index contributed by atoms with van der Waals surface area (Å²) >= 11 is 0. The second-order valence-corrected chi connectivity index (χ2v) is 6.51. The van der Waals surface area contributed by atoms with Gasteiger partial charge in [0.05, 0.1) is 29.4 Å². The van der Waals surface area contributed by atoms with Gasteiger partial charge >= 0.3 is 0 Å². The number of hydrogen-bond acceptors (Lipinski definition) is 8. The fourth-order valence-electron chi connectivity index (χ4n) is 3.28. The molecule has 1 aromatic carbocycles. The lowest BCUT2D eigenvalue weighted by Crippen LogP contribution is -2.31. The summed E-state index contributed by atoms with van der Waals surface area (Å²) in [5.74, 6) is 1.15. The first-order valence-electron chi connectivity index (χ1n) is 8.78. The Kier molecular flexibility index (Phi) is 4.90. The summed E-state index contributed by atoms with van der Waals surface area (Å²) in [7, 11) is 1.52. The Morgan fingerprint density at radius 1 is 1.25 bits per heavy atom. The molecule has 0 atom stereocenters. The summed E-state index contributed by atoms with van der Waals surface area (Å²) in [4.78, 5) is 29.9. The number of fused-ring (bicyclic) bond motifs is 1. The molecular weight excluding hydrogens is 360 g/mol. The van der Waals surface area contributed by atoms with Crippen LogP contribution in [0.4, 0.5) is 5.69 Å². The van der Waals surface area contributed by atoms with Crippen LogP contribution in [0, 0.1) is 10.1 Å². The number of aromatic nitrogens is 4. The molecule has 0 radical (unpaired) electrons.